The molecule has 0 fully saturated rings. The summed E-state index contributed by atoms with van der Waals surface area (Å²) in [5.74, 6) is -4.98. The molecule has 0 saturated carbocycles. The molecule has 0 aliphatic carbocycles. The summed E-state index contributed by atoms with van der Waals surface area (Å²) >= 11 is 0. The van der Waals surface area contributed by atoms with Crippen LogP contribution in [0.2, 0.25) is 0 Å². The van der Waals surface area contributed by atoms with Crippen molar-refractivity contribution in [2.24, 2.45) is 17.8 Å². The Labute approximate surface area is 200 Å². The van der Waals surface area contributed by atoms with Gasteiger partial charge in [-0.05, 0) is 51.4 Å². The molecule has 0 aromatic rings. The predicted molar refractivity (Wildman–Crippen MR) is 128 cm³/mol. The number of carboxylic acid groups (broad SMARTS) is 3. The molecule has 0 bridgehead atoms. The van der Waals surface area contributed by atoms with Gasteiger partial charge in [0.15, 0.2) is 0 Å². The van der Waals surface area contributed by atoms with Crippen molar-refractivity contribution < 1.29 is 34.2 Å². The molecule has 192 valence electrons. The molecule has 0 saturated heterocycles. The first-order valence-corrected chi connectivity index (χ1v) is 12.8. The molecule has 2 N–H and O–H groups in total. The standard InChI is InChI=1S/C26H47NO6/c1-5-9-10-11-12-13-14-15-16-17-27(18-21(6-2)24(28)29,19-22(7-3)25(30)31)20-23(8-4)26(32)33/h10-11,21-23H,5-9,12-20H2,1-4H3,(H2-,28,29,30,31,32,33)/b11-10+. The molecule has 3 unspecified atom stereocenters. The largest absolute Gasteiger partial charge is 0.550 e. The van der Waals surface area contributed by atoms with Crippen LogP contribution in [0.15, 0.2) is 12.2 Å². The lowest BCUT2D eigenvalue weighted by Gasteiger charge is -2.44. The SMILES string of the molecule is CCC/C=C/CCCCCC[N+](CC(CC)C(=O)[O-])(CC(CC)C(=O)O)CC(CC)C(=O)O. The van der Waals surface area contributed by atoms with Gasteiger partial charge in [-0.3, -0.25) is 9.59 Å². The molecule has 0 aliphatic rings. The Balaban J connectivity index is 5.57. The maximum absolute atomic E-state index is 11.8. The smallest absolute Gasteiger partial charge is 0.312 e. The van der Waals surface area contributed by atoms with Crippen molar-refractivity contribution >= 4 is 17.9 Å². The summed E-state index contributed by atoms with van der Waals surface area (Å²) in [4.78, 5) is 35.4. The van der Waals surface area contributed by atoms with Gasteiger partial charge in [-0.2, -0.15) is 0 Å². The number of quaternary nitrogens is 1. The first-order valence-electron chi connectivity index (χ1n) is 12.8. The molecule has 0 rings (SSSR count). The zero-order valence-corrected chi connectivity index (χ0v) is 21.3. The van der Waals surface area contributed by atoms with Crippen LogP contribution in [0.4, 0.5) is 0 Å². The predicted octanol–water partition coefficient (Wildman–Crippen LogP) is 4.11. The number of hydrogen-bond donors (Lipinski definition) is 2. The fourth-order valence-corrected chi connectivity index (χ4v) is 4.50. The zero-order valence-electron chi connectivity index (χ0n) is 21.3. The number of allylic oxidation sites excluding steroid dienone is 2. The van der Waals surface area contributed by atoms with E-state index < -0.39 is 35.7 Å². The van der Waals surface area contributed by atoms with E-state index in [1.807, 2.05) is 13.8 Å². The summed E-state index contributed by atoms with van der Waals surface area (Å²) in [6.07, 6.45) is 12.8. The van der Waals surface area contributed by atoms with Gasteiger partial charge in [0.2, 0.25) is 0 Å². The van der Waals surface area contributed by atoms with Crippen LogP contribution in [0.25, 0.3) is 0 Å². The molecule has 3 atom stereocenters. The van der Waals surface area contributed by atoms with Gasteiger partial charge in [-0.25, -0.2) is 0 Å². The number of hydrogen-bond acceptors (Lipinski definition) is 4. The van der Waals surface area contributed by atoms with Gasteiger partial charge in [-0.1, -0.05) is 52.7 Å². The molecule has 0 amide bonds. The average molecular weight is 470 g/mol. The van der Waals surface area contributed by atoms with Gasteiger partial charge < -0.3 is 24.6 Å². The van der Waals surface area contributed by atoms with Gasteiger partial charge in [-0.15, -0.1) is 0 Å². The van der Waals surface area contributed by atoms with Gasteiger partial charge in [0, 0.05) is 5.92 Å². The fraction of sp³-hybridized carbons (Fsp3) is 0.808. The molecule has 0 aromatic carbocycles. The Hall–Kier alpha value is -1.89. The lowest BCUT2D eigenvalue weighted by molar-refractivity contribution is -0.935. The van der Waals surface area contributed by atoms with Gasteiger partial charge in [0.25, 0.3) is 0 Å². The average Bonchev–Trinajstić information content (AvgIpc) is 2.77. The van der Waals surface area contributed by atoms with E-state index in [0.717, 1.165) is 44.9 Å². The Bertz CT molecular complexity index is 544. The van der Waals surface area contributed by atoms with E-state index in [-0.39, 0.29) is 24.1 Å². The monoisotopic (exact) mass is 469 g/mol. The lowest BCUT2D eigenvalue weighted by atomic mass is 9.95. The van der Waals surface area contributed by atoms with E-state index in [2.05, 4.69) is 19.1 Å². The summed E-state index contributed by atoms with van der Waals surface area (Å²) in [5, 5.41) is 31.2. The van der Waals surface area contributed by atoms with E-state index in [1.165, 1.54) is 0 Å². The highest BCUT2D eigenvalue weighted by Gasteiger charge is 2.39. The molecule has 0 heterocycles. The van der Waals surface area contributed by atoms with Crippen LogP contribution >= 0.6 is 0 Å². The third-order valence-corrected chi connectivity index (χ3v) is 6.71. The number of nitrogens with zero attached hydrogens (tertiary/aromatic N) is 1. The summed E-state index contributed by atoms with van der Waals surface area (Å²) in [7, 11) is 0. The van der Waals surface area contributed by atoms with Crippen LogP contribution < -0.4 is 5.11 Å². The van der Waals surface area contributed by atoms with Crippen molar-refractivity contribution in [3.8, 4) is 0 Å². The fourth-order valence-electron chi connectivity index (χ4n) is 4.50. The van der Waals surface area contributed by atoms with Crippen LogP contribution in [-0.4, -0.2) is 58.8 Å². The quantitative estimate of drug-likeness (QED) is 0.149. The lowest BCUT2D eigenvalue weighted by Crippen LogP contribution is -2.59. The van der Waals surface area contributed by atoms with Crippen LogP contribution in [0.3, 0.4) is 0 Å². The number of carboxylic acids is 3. The number of rotatable bonds is 21. The molecular formula is C26H47NO6. The number of unbranched alkanes of at least 4 members (excludes halogenated alkanes) is 5. The number of carbonyl (C=O) groups is 3. The van der Waals surface area contributed by atoms with E-state index >= 15 is 0 Å². The second kappa shape index (κ2) is 17.6. The normalized spacial score (nSPS) is 16.2. The summed E-state index contributed by atoms with van der Waals surface area (Å²) in [5.41, 5.74) is 0. The van der Waals surface area contributed by atoms with Crippen molar-refractivity contribution in [3.63, 3.8) is 0 Å². The molecule has 0 aromatic heterocycles. The second-order valence-corrected chi connectivity index (χ2v) is 9.39. The molecule has 33 heavy (non-hydrogen) atoms. The first-order chi connectivity index (χ1) is 15.7. The highest BCUT2D eigenvalue weighted by atomic mass is 16.4. The number of carbonyl (C=O) groups excluding carboxylic acids is 1. The van der Waals surface area contributed by atoms with E-state index in [0.29, 0.717) is 25.8 Å². The van der Waals surface area contributed by atoms with Gasteiger partial charge >= 0.3 is 11.9 Å². The van der Waals surface area contributed by atoms with Crippen LogP contribution in [-0.2, 0) is 14.4 Å². The summed E-state index contributed by atoms with van der Waals surface area (Å²) in [6.45, 7) is 8.85. The Morgan fingerprint density at radius 1 is 0.727 bits per heavy atom. The molecular weight excluding hydrogens is 422 g/mol. The second-order valence-electron chi connectivity index (χ2n) is 9.39. The van der Waals surface area contributed by atoms with Crippen LogP contribution in [0.5, 0.6) is 0 Å². The van der Waals surface area contributed by atoms with E-state index in [1.54, 1.807) is 6.92 Å². The van der Waals surface area contributed by atoms with Crippen molar-refractivity contribution in [3.05, 3.63) is 12.2 Å². The maximum Gasteiger partial charge on any atom is 0.312 e. The molecule has 0 spiro atoms. The van der Waals surface area contributed by atoms with Gasteiger partial charge in [0.1, 0.15) is 11.8 Å². The molecule has 7 nitrogen and oxygen atoms in total. The highest BCUT2D eigenvalue weighted by Crippen LogP contribution is 2.25. The first kappa shape index (κ1) is 31.1. The Kier molecular flexibility index (Phi) is 16.6. The minimum Gasteiger partial charge on any atom is -0.550 e. The van der Waals surface area contributed by atoms with E-state index in [4.69, 9.17) is 0 Å². The van der Waals surface area contributed by atoms with Crippen LogP contribution in [0.1, 0.15) is 91.9 Å². The topological polar surface area (TPSA) is 115 Å². The summed E-state index contributed by atoms with van der Waals surface area (Å²) < 4.78 is 0.207. The molecule has 0 aliphatic heterocycles. The zero-order chi connectivity index (χ0) is 25.3. The van der Waals surface area contributed by atoms with Crippen LogP contribution in [0, 0.1) is 17.8 Å². The molecule has 7 heteroatoms. The van der Waals surface area contributed by atoms with Crippen molar-refractivity contribution in [1.82, 2.24) is 0 Å². The molecule has 0 radical (unpaired) electrons. The Morgan fingerprint density at radius 2 is 1.18 bits per heavy atom. The van der Waals surface area contributed by atoms with Crippen molar-refractivity contribution in [2.75, 3.05) is 26.2 Å². The van der Waals surface area contributed by atoms with Gasteiger partial charge in [0.05, 0.1) is 32.1 Å². The minimum atomic E-state index is -1.15. The number of aliphatic carboxylic acids is 3. The third kappa shape index (κ3) is 12.8. The Morgan fingerprint density at radius 3 is 1.61 bits per heavy atom. The van der Waals surface area contributed by atoms with Crippen molar-refractivity contribution in [2.45, 2.75) is 91.9 Å². The minimum absolute atomic E-state index is 0.207. The van der Waals surface area contributed by atoms with E-state index in [9.17, 15) is 29.7 Å². The summed E-state index contributed by atoms with van der Waals surface area (Å²) in [6, 6.07) is 0. The third-order valence-electron chi connectivity index (χ3n) is 6.71. The highest BCUT2D eigenvalue weighted by molar-refractivity contribution is 5.70. The maximum atomic E-state index is 11.8. The van der Waals surface area contributed by atoms with Crippen molar-refractivity contribution in [1.29, 1.82) is 0 Å².